The highest BCUT2D eigenvalue weighted by molar-refractivity contribution is 5.75. The van der Waals surface area contributed by atoms with Crippen molar-refractivity contribution < 1.29 is 9.90 Å². The van der Waals surface area contributed by atoms with Gasteiger partial charge in [-0.05, 0) is 18.6 Å². The van der Waals surface area contributed by atoms with E-state index in [1.807, 2.05) is 37.3 Å². The van der Waals surface area contributed by atoms with E-state index in [-0.39, 0.29) is 0 Å². The lowest BCUT2D eigenvalue weighted by molar-refractivity contribution is -0.138. The number of rotatable bonds is 4. The Bertz CT molecular complexity index is 507. The zero-order valence-corrected chi connectivity index (χ0v) is 9.45. The fraction of sp³-hybridized carbons (Fsp3) is 0.250. The van der Waals surface area contributed by atoms with Crippen molar-refractivity contribution in [2.45, 2.75) is 19.3 Å². The molecule has 1 unspecified atom stereocenters. The summed E-state index contributed by atoms with van der Waals surface area (Å²) in [6, 6.07) is 9.48. The van der Waals surface area contributed by atoms with Crippen LogP contribution in [0.4, 0.5) is 0 Å². The molecule has 17 heavy (non-hydrogen) atoms. The van der Waals surface area contributed by atoms with E-state index in [1.165, 1.54) is 0 Å². The van der Waals surface area contributed by atoms with Gasteiger partial charge in [-0.25, -0.2) is 4.68 Å². The number of aromatic nitrogens is 3. The summed E-state index contributed by atoms with van der Waals surface area (Å²) in [7, 11) is 0. The highest BCUT2D eigenvalue weighted by Gasteiger charge is 2.21. The molecule has 1 aromatic carbocycles. The molecule has 0 aliphatic rings. The highest BCUT2D eigenvalue weighted by Crippen LogP contribution is 2.18. The Balaban J connectivity index is 2.30. The van der Waals surface area contributed by atoms with Gasteiger partial charge in [-0.3, -0.25) is 4.79 Å². The third-order valence-corrected chi connectivity index (χ3v) is 2.60. The lowest BCUT2D eigenvalue weighted by Gasteiger charge is -2.03. The van der Waals surface area contributed by atoms with Gasteiger partial charge in [0, 0.05) is 0 Å². The van der Waals surface area contributed by atoms with Gasteiger partial charge in [-0.15, -0.1) is 5.10 Å². The summed E-state index contributed by atoms with van der Waals surface area (Å²) in [6.07, 6.45) is 2.17. The Morgan fingerprint density at radius 1 is 1.41 bits per heavy atom. The predicted molar refractivity (Wildman–Crippen MR) is 62.0 cm³/mol. The third-order valence-electron chi connectivity index (χ3n) is 2.60. The van der Waals surface area contributed by atoms with E-state index in [2.05, 4.69) is 10.3 Å². The van der Waals surface area contributed by atoms with Crippen molar-refractivity contribution >= 4 is 5.97 Å². The van der Waals surface area contributed by atoms with Crippen molar-refractivity contribution in [2.75, 3.05) is 0 Å². The molecular weight excluding hydrogens is 218 g/mol. The average Bonchev–Trinajstić information content (AvgIpc) is 2.80. The first-order valence-corrected chi connectivity index (χ1v) is 5.43. The molecule has 2 aromatic rings. The lowest BCUT2D eigenvalue weighted by Crippen LogP contribution is -2.10. The first kappa shape index (κ1) is 11.3. The normalized spacial score (nSPS) is 12.3. The topological polar surface area (TPSA) is 68.0 Å². The van der Waals surface area contributed by atoms with Gasteiger partial charge in [0.1, 0.15) is 5.92 Å². The summed E-state index contributed by atoms with van der Waals surface area (Å²) in [5.41, 5.74) is 1.36. The molecule has 0 radical (unpaired) electrons. The molecule has 5 heteroatoms. The van der Waals surface area contributed by atoms with Crippen molar-refractivity contribution in [1.29, 1.82) is 0 Å². The van der Waals surface area contributed by atoms with Crippen LogP contribution >= 0.6 is 0 Å². The van der Waals surface area contributed by atoms with E-state index in [0.29, 0.717) is 12.1 Å². The number of para-hydroxylation sites is 1. The van der Waals surface area contributed by atoms with E-state index in [9.17, 15) is 4.79 Å². The maximum Gasteiger partial charge on any atom is 0.312 e. The van der Waals surface area contributed by atoms with Gasteiger partial charge in [0.05, 0.1) is 17.6 Å². The molecule has 0 saturated heterocycles. The van der Waals surface area contributed by atoms with E-state index in [0.717, 1.165) is 5.69 Å². The van der Waals surface area contributed by atoms with Gasteiger partial charge in [0.25, 0.3) is 0 Å². The van der Waals surface area contributed by atoms with Crippen LogP contribution in [0.5, 0.6) is 0 Å². The molecule has 1 heterocycles. The van der Waals surface area contributed by atoms with Gasteiger partial charge in [-0.2, -0.15) is 0 Å². The average molecular weight is 231 g/mol. The molecule has 0 fully saturated rings. The molecule has 0 amide bonds. The number of nitrogens with zero attached hydrogens (tertiary/aromatic N) is 3. The molecule has 2 rings (SSSR count). The van der Waals surface area contributed by atoms with Crippen LogP contribution in [0.15, 0.2) is 36.5 Å². The number of carbonyl (C=O) groups is 1. The molecular formula is C12H13N3O2. The van der Waals surface area contributed by atoms with Crippen molar-refractivity contribution in [3.8, 4) is 5.69 Å². The van der Waals surface area contributed by atoms with Crippen LogP contribution in [0, 0.1) is 0 Å². The van der Waals surface area contributed by atoms with Crippen molar-refractivity contribution in [1.82, 2.24) is 15.0 Å². The van der Waals surface area contributed by atoms with Crippen LogP contribution in [0.2, 0.25) is 0 Å². The number of benzene rings is 1. The number of carboxylic acid groups (broad SMARTS) is 1. The highest BCUT2D eigenvalue weighted by atomic mass is 16.4. The molecule has 0 saturated carbocycles. The molecule has 0 aliphatic carbocycles. The van der Waals surface area contributed by atoms with E-state index < -0.39 is 11.9 Å². The molecule has 0 spiro atoms. The summed E-state index contributed by atoms with van der Waals surface area (Å²) >= 11 is 0. The fourth-order valence-electron chi connectivity index (χ4n) is 1.65. The summed E-state index contributed by atoms with van der Waals surface area (Å²) in [5, 5.41) is 16.9. The van der Waals surface area contributed by atoms with E-state index in [4.69, 9.17) is 5.11 Å². The maximum absolute atomic E-state index is 11.0. The van der Waals surface area contributed by atoms with Crippen molar-refractivity contribution in [3.05, 3.63) is 42.2 Å². The first-order valence-electron chi connectivity index (χ1n) is 5.43. The molecule has 5 nitrogen and oxygen atoms in total. The Morgan fingerprint density at radius 2 is 2.12 bits per heavy atom. The van der Waals surface area contributed by atoms with Crippen LogP contribution in [-0.4, -0.2) is 26.1 Å². The maximum atomic E-state index is 11.0. The molecule has 88 valence electrons. The van der Waals surface area contributed by atoms with Crippen molar-refractivity contribution in [2.24, 2.45) is 0 Å². The minimum absolute atomic E-state index is 0.490. The largest absolute Gasteiger partial charge is 0.481 e. The Labute approximate surface area is 98.7 Å². The quantitative estimate of drug-likeness (QED) is 0.871. The minimum atomic E-state index is -0.868. The number of aliphatic carboxylic acids is 1. The van der Waals surface area contributed by atoms with Gasteiger partial charge in [0.15, 0.2) is 0 Å². The zero-order chi connectivity index (χ0) is 12.3. The second kappa shape index (κ2) is 4.78. The summed E-state index contributed by atoms with van der Waals surface area (Å²) in [5.74, 6) is -1.46. The lowest BCUT2D eigenvalue weighted by atomic mass is 10.0. The van der Waals surface area contributed by atoms with E-state index >= 15 is 0 Å². The second-order valence-corrected chi connectivity index (χ2v) is 3.72. The molecule has 1 N–H and O–H groups in total. The summed E-state index contributed by atoms with van der Waals surface area (Å²) < 4.78 is 1.58. The minimum Gasteiger partial charge on any atom is -0.481 e. The molecule has 1 atom stereocenters. The summed E-state index contributed by atoms with van der Waals surface area (Å²) in [4.78, 5) is 11.0. The predicted octanol–water partition coefficient (Wildman–Crippen LogP) is 1.85. The van der Waals surface area contributed by atoms with E-state index in [1.54, 1.807) is 10.9 Å². The molecule has 0 bridgehead atoms. The van der Waals surface area contributed by atoms with Gasteiger partial charge < -0.3 is 5.11 Å². The van der Waals surface area contributed by atoms with Crippen LogP contribution in [-0.2, 0) is 4.79 Å². The number of hydrogen-bond donors (Lipinski definition) is 1. The number of carboxylic acids is 1. The van der Waals surface area contributed by atoms with Crippen LogP contribution in [0.25, 0.3) is 5.69 Å². The SMILES string of the molecule is CCC(C(=O)O)c1cn(-c2ccccc2)nn1. The Hall–Kier alpha value is -2.17. The molecule has 1 aromatic heterocycles. The van der Waals surface area contributed by atoms with Gasteiger partial charge >= 0.3 is 5.97 Å². The fourth-order valence-corrected chi connectivity index (χ4v) is 1.65. The smallest absolute Gasteiger partial charge is 0.312 e. The zero-order valence-electron chi connectivity index (χ0n) is 9.45. The first-order chi connectivity index (χ1) is 8.22. The monoisotopic (exact) mass is 231 g/mol. The Kier molecular flexibility index (Phi) is 3.18. The standard InChI is InChI=1S/C12H13N3O2/c1-2-10(12(16)17)11-8-15(14-13-11)9-6-4-3-5-7-9/h3-8,10H,2H2,1H3,(H,16,17). The third kappa shape index (κ3) is 2.33. The van der Waals surface area contributed by atoms with Crippen LogP contribution in [0.3, 0.4) is 0 Å². The Morgan fingerprint density at radius 3 is 2.71 bits per heavy atom. The van der Waals surface area contributed by atoms with Gasteiger partial charge in [0.2, 0.25) is 0 Å². The molecule has 0 aliphatic heterocycles. The van der Waals surface area contributed by atoms with Gasteiger partial charge in [-0.1, -0.05) is 30.3 Å². The number of hydrogen-bond acceptors (Lipinski definition) is 3. The summed E-state index contributed by atoms with van der Waals surface area (Å²) in [6.45, 7) is 1.82. The second-order valence-electron chi connectivity index (χ2n) is 3.72. The van der Waals surface area contributed by atoms with Crippen LogP contribution < -0.4 is 0 Å². The van der Waals surface area contributed by atoms with Crippen molar-refractivity contribution in [3.63, 3.8) is 0 Å². The van der Waals surface area contributed by atoms with Crippen LogP contribution in [0.1, 0.15) is 25.0 Å².